The maximum Gasteiger partial charge on any atom is 0.0844 e. The van der Waals surface area contributed by atoms with Crippen molar-refractivity contribution in [2.45, 2.75) is 131 Å². The van der Waals surface area contributed by atoms with E-state index < -0.39 is 11.4 Å². The van der Waals surface area contributed by atoms with Crippen molar-refractivity contribution in [3.05, 3.63) is 11.6 Å². The summed E-state index contributed by atoms with van der Waals surface area (Å²) in [6.07, 6.45) is 16.6. The maximum atomic E-state index is 11.6. The number of hydrogen-bond donors (Lipinski definition) is 1. The highest BCUT2D eigenvalue weighted by molar-refractivity contribution is 7.74. The SMILES string of the molecule is CCC[N+](C)(C)CCC(N)C1C[C@H](OS(=O)[O-])CC2=CC[C@H]3[C@@H]4CC[C@H]([C@H](C)CCCC(C)C)[C@@]4(C)CC[C@@H]3[C@]21C. The van der Waals surface area contributed by atoms with Crippen LogP contribution in [-0.4, -0.2) is 52.6 Å². The van der Waals surface area contributed by atoms with Crippen LogP contribution < -0.4 is 5.73 Å². The lowest BCUT2D eigenvalue weighted by atomic mass is 9.44. The Balaban J connectivity index is 1.57. The number of allylic oxidation sites excluding steroid dienone is 1. The molecule has 0 aromatic carbocycles. The predicted molar refractivity (Wildman–Crippen MR) is 170 cm³/mol. The summed E-state index contributed by atoms with van der Waals surface area (Å²) in [5.41, 5.74) is 9.12. The Morgan fingerprint density at radius 2 is 1.80 bits per heavy atom. The van der Waals surface area contributed by atoms with Crippen molar-refractivity contribution in [3.63, 3.8) is 0 Å². The lowest BCUT2D eigenvalue weighted by molar-refractivity contribution is -0.890. The van der Waals surface area contributed by atoms with Crippen molar-refractivity contribution in [1.82, 2.24) is 0 Å². The fourth-order valence-corrected chi connectivity index (χ4v) is 11.4. The van der Waals surface area contributed by atoms with Gasteiger partial charge in [0.1, 0.15) is 0 Å². The Morgan fingerprint density at radius 1 is 1.07 bits per heavy atom. The molecule has 11 atom stereocenters. The highest BCUT2D eigenvalue weighted by atomic mass is 32.2. The topological polar surface area (TPSA) is 75.4 Å². The summed E-state index contributed by atoms with van der Waals surface area (Å²) >= 11 is -2.49. The van der Waals surface area contributed by atoms with E-state index in [-0.39, 0.29) is 23.5 Å². The molecule has 4 aliphatic carbocycles. The Hall–Kier alpha value is -0.270. The molecular weight excluding hydrogens is 528 g/mol. The molecule has 0 heterocycles. The van der Waals surface area contributed by atoms with Crippen LogP contribution in [0.25, 0.3) is 0 Å². The van der Waals surface area contributed by atoms with Gasteiger partial charge in [0, 0.05) is 12.5 Å². The van der Waals surface area contributed by atoms with Gasteiger partial charge in [0.15, 0.2) is 0 Å². The molecule has 0 spiro atoms. The van der Waals surface area contributed by atoms with Crippen molar-refractivity contribution in [3.8, 4) is 0 Å². The normalized spacial score (nSPS) is 39.4. The van der Waals surface area contributed by atoms with Gasteiger partial charge in [-0.15, -0.1) is 0 Å². The van der Waals surface area contributed by atoms with Crippen molar-refractivity contribution in [2.24, 2.45) is 58.0 Å². The van der Waals surface area contributed by atoms with Crippen LogP contribution in [0.1, 0.15) is 119 Å². The van der Waals surface area contributed by atoms with Crippen LogP contribution in [0.2, 0.25) is 0 Å². The molecule has 0 radical (unpaired) electrons. The van der Waals surface area contributed by atoms with Crippen molar-refractivity contribution in [1.29, 1.82) is 0 Å². The summed E-state index contributed by atoms with van der Waals surface area (Å²) in [5, 5.41) is 0. The molecule has 0 aromatic rings. The number of hydrogen-bond acceptors (Lipinski definition) is 4. The van der Waals surface area contributed by atoms with Gasteiger partial charge < -0.3 is 14.8 Å². The zero-order chi connectivity index (χ0) is 30.2. The van der Waals surface area contributed by atoms with E-state index >= 15 is 0 Å². The number of quaternary nitrogens is 1. The molecule has 0 bridgehead atoms. The third kappa shape index (κ3) is 7.02. The lowest BCUT2D eigenvalue weighted by Crippen LogP contribution is -2.58. The standard InChI is InChI=1S/C35H64N2O3S/c1-9-20-37(7,8)21-18-33(36)32-23-27(40-41(38)39)22-26-13-14-28-30-16-15-29(25(4)12-10-11-24(2)3)34(30,5)19-17-31(28)35(26,32)6/h13,24-25,27-33H,9-12,14-23,36H2,1-8H3/t25-,27-,28+,29-,30+,31+,32?,33?,34-,35+/m1/s1. The summed E-state index contributed by atoms with van der Waals surface area (Å²) < 4.78 is 29.7. The van der Waals surface area contributed by atoms with E-state index in [2.05, 4.69) is 61.7 Å². The fourth-order valence-electron chi connectivity index (χ4n) is 11.0. The average Bonchev–Trinajstić information content (AvgIpc) is 3.24. The van der Waals surface area contributed by atoms with Crippen LogP contribution in [0.5, 0.6) is 0 Å². The van der Waals surface area contributed by atoms with Crippen LogP contribution in [0.3, 0.4) is 0 Å². The van der Waals surface area contributed by atoms with Crippen LogP contribution in [0.4, 0.5) is 0 Å². The second-order valence-electron chi connectivity index (χ2n) is 16.5. The van der Waals surface area contributed by atoms with Gasteiger partial charge in [-0.25, -0.2) is 4.21 Å². The first-order chi connectivity index (χ1) is 19.2. The summed E-state index contributed by atoms with van der Waals surface area (Å²) in [5.74, 6) is 4.89. The van der Waals surface area contributed by atoms with E-state index in [0.717, 1.165) is 72.8 Å². The van der Waals surface area contributed by atoms with Crippen LogP contribution >= 0.6 is 0 Å². The molecule has 0 saturated heterocycles. The first kappa shape index (κ1) is 33.6. The minimum Gasteiger partial charge on any atom is -0.750 e. The van der Waals surface area contributed by atoms with Crippen molar-refractivity contribution < 1.29 is 17.4 Å². The van der Waals surface area contributed by atoms with E-state index in [1.54, 1.807) is 0 Å². The molecule has 6 heteroatoms. The summed E-state index contributed by atoms with van der Waals surface area (Å²) in [4.78, 5) is 0. The summed E-state index contributed by atoms with van der Waals surface area (Å²) in [7, 11) is 4.63. The van der Waals surface area contributed by atoms with Gasteiger partial charge in [-0.3, -0.25) is 4.18 Å². The second kappa shape index (κ2) is 13.4. The Labute approximate surface area is 255 Å². The summed E-state index contributed by atoms with van der Waals surface area (Å²) in [6, 6.07) is 0.0495. The molecule has 2 N–H and O–H groups in total. The van der Waals surface area contributed by atoms with E-state index in [9.17, 15) is 8.76 Å². The highest BCUT2D eigenvalue weighted by Gasteiger charge is 2.61. The number of fused-ring (bicyclic) bond motifs is 5. The van der Waals surface area contributed by atoms with Gasteiger partial charge in [-0.1, -0.05) is 72.5 Å². The Morgan fingerprint density at radius 3 is 2.46 bits per heavy atom. The number of nitrogens with two attached hydrogens (primary N) is 1. The Bertz CT molecular complexity index is 936. The third-order valence-electron chi connectivity index (χ3n) is 13.1. The number of rotatable bonds is 13. The van der Waals surface area contributed by atoms with Gasteiger partial charge >= 0.3 is 0 Å². The number of nitrogens with zero attached hydrogens (tertiary/aromatic N) is 1. The summed E-state index contributed by atoms with van der Waals surface area (Å²) in [6.45, 7) is 16.9. The third-order valence-corrected chi connectivity index (χ3v) is 13.5. The molecule has 3 unspecified atom stereocenters. The first-order valence-electron chi connectivity index (χ1n) is 17.3. The largest absolute Gasteiger partial charge is 0.750 e. The molecular formula is C35H64N2O3S. The van der Waals surface area contributed by atoms with Crippen LogP contribution in [0, 0.1) is 52.3 Å². The van der Waals surface area contributed by atoms with E-state index in [1.165, 1.54) is 56.9 Å². The van der Waals surface area contributed by atoms with Gasteiger partial charge in [0.05, 0.1) is 44.7 Å². The molecule has 41 heavy (non-hydrogen) atoms. The minimum atomic E-state index is -2.49. The molecule has 5 nitrogen and oxygen atoms in total. The van der Waals surface area contributed by atoms with Crippen molar-refractivity contribution >= 4 is 11.4 Å². The van der Waals surface area contributed by atoms with E-state index in [1.807, 2.05) is 0 Å². The van der Waals surface area contributed by atoms with Gasteiger partial charge in [-0.05, 0) is 104 Å². The van der Waals surface area contributed by atoms with Crippen LogP contribution in [-0.2, 0) is 15.5 Å². The van der Waals surface area contributed by atoms with E-state index in [4.69, 9.17) is 9.92 Å². The molecule has 0 aromatic heterocycles. The quantitative estimate of drug-likeness (QED) is 0.135. The van der Waals surface area contributed by atoms with Gasteiger partial charge in [0.2, 0.25) is 0 Å². The zero-order valence-corrected chi connectivity index (χ0v) is 28.6. The molecule has 0 aliphatic heterocycles. The molecule has 238 valence electrons. The van der Waals surface area contributed by atoms with Gasteiger partial charge in [-0.2, -0.15) is 0 Å². The maximum absolute atomic E-state index is 11.6. The van der Waals surface area contributed by atoms with Gasteiger partial charge in [0.25, 0.3) is 0 Å². The monoisotopic (exact) mass is 592 g/mol. The highest BCUT2D eigenvalue weighted by Crippen LogP contribution is 2.68. The lowest BCUT2D eigenvalue weighted by Gasteiger charge is -2.61. The minimum absolute atomic E-state index is 0.0385. The smallest absolute Gasteiger partial charge is 0.0844 e. The van der Waals surface area contributed by atoms with E-state index in [0.29, 0.717) is 11.3 Å². The second-order valence-corrected chi connectivity index (χ2v) is 17.1. The molecule has 0 amide bonds. The predicted octanol–water partition coefficient (Wildman–Crippen LogP) is 7.64. The molecule has 4 aliphatic rings. The van der Waals surface area contributed by atoms with Crippen LogP contribution in [0.15, 0.2) is 11.6 Å². The Kier molecular flexibility index (Phi) is 11.0. The molecule has 3 fully saturated rings. The first-order valence-corrected chi connectivity index (χ1v) is 18.3. The zero-order valence-electron chi connectivity index (χ0n) is 27.8. The average molecular weight is 593 g/mol. The molecule has 4 rings (SSSR count). The molecule has 3 saturated carbocycles. The van der Waals surface area contributed by atoms with Crippen molar-refractivity contribution in [2.75, 3.05) is 27.2 Å². The fraction of sp³-hybridized carbons (Fsp3) is 0.943.